The van der Waals surface area contributed by atoms with Crippen LogP contribution in [0.15, 0.2) is 42.9 Å². The van der Waals surface area contributed by atoms with Crippen LogP contribution in [0.25, 0.3) is 5.65 Å². The number of aliphatic hydroxyl groups excluding tert-OH is 1. The third-order valence-electron chi connectivity index (χ3n) is 5.06. The van der Waals surface area contributed by atoms with Crippen molar-refractivity contribution in [2.75, 3.05) is 6.54 Å². The number of hydrogen-bond donors (Lipinski definition) is 5. The van der Waals surface area contributed by atoms with Crippen molar-refractivity contribution in [3.63, 3.8) is 0 Å². The van der Waals surface area contributed by atoms with Gasteiger partial charge in [0.15, 0.2) is 0 Å². The van der Waals surface area contributed by atoms with E-state index in [1.165, 1.54) is 0 Å². The number of amides is 2. The van der Waals surface area contributed by atoms with Crippen LogP contribution in [-0.4, -0.2) is 66.8 Å². The van der Waals surface area contributed by atoms with Crippen molar-refractivity contribution >= 4 is 23.9 Å². The summed E-state index contributed by atoms with van der Waals surface area (Å²) in [4.78, 5) is 37.5. The van der Waals surface area contributed by atoms with Crippen LogP contribution in [0.3, 0.4) is 0 Å². The minimum atomic E-state index is -0.760. The maximum absolute atomic E-state index is 12.5. The summed E-state index contributed by atoms with van der Waals surface area (Å²) in [5, 5.41) is 29.6. The fraction of sp³-hybridized carbons (Fsp3) is 0.350. The highest BCUT2D eigenvalue weighted by molar-refractivity contribution is 5.93. The van der Waals surface area contributed by atoms with Crippen LogP contribution in [0.1, 0.15) is 29.0 Å². The molecule has 0 saturated heterocycles. The number of imidazole rings is 1. The molecule has 0 spiro atoms. The quantitative estimate of drug-likeness (QED) is 0.345. The molecule has 0 aliphatic heterocycles. The predicted molar refractivity (Wildman–Crippen MR) is 109 cm³/mol. The van der Waals surface area contributed by atoms with Crippen molar-refractivity contribution in [3.8, 4) is 0 Å². The highest BCUT2D eigenvalue weighted by Crippen LogP contribution is 2.26. The molecule has 11 heteroatoms. The van der Waals surface area contributed by atoms with E-state index in [0.717, 1.165) is 5.69 Å². The molecule has 0 aromatic carbocycles. The van der Waals surface area contributed by atoms with Crippen LogP contribution in [0.4, 0.5) is 0 Å². The topological polar surface area (TPSA) is 162 Å². The number of carbonyl (C=O) groups excluding carboxylic acids is 2. The number of rotatable bonds is 6. The SMILES string of the molecule is O=C(N[C@H]1C[C@H](C(=O)NCCc2ccn[nH]2)C[C@@H]1O)c1cn2ccccc2n1.O=CO. The van der Waals surface area contributed by atoms with Gasteiger partial charge >= 0.3 is 0 Å². The second-order valence-electron chi connectivity index (χ2n) is 7.14. The molecule has 164 valence electrons. The van der Waals surface area contributed by atoms with Gasteiger partial charge in [-0.15, -0.1) is 0 Å². The fourth-order valence-corrected chi connectivity index (χ4v) is 3.56. The number of carboxylic acid groups (broad SMARTS) is 1. The Morgan fingerprint density at radius 2 is 2.10 bits per heavy atom. The molecule has 0 radical (unpaired) electrons. The zero-order valence-electron chi connectivity index (χ0n) is 16.6. The summed E-state index contributed by atoms with van der Waals surface area (Å²) in [6.45, 7) is 0.242. The van der Waals surface area contributed by atoms with Crippen LogP contribution in [0, 0.1) is 5.92 Å². The number of carbonyl (C=O) groups is 3. The molecule has 1 saturated carbocycles. The molecule has 3 heterocycles. The van der Waals surface area contributed by atoms with E-state index in [1.807, 2.05) is 30.5 Å². The minimum Gasteiger partial charge on any atom is -0.483 e. The van der Waals surface area contributed by atoms with Gasteiger partial charge in [-0.2, -0.15) is 5.10 Å². The van der Waals surface area contributed by atoms with Gasteiger partial charge in [0.2, 0.25) is 5.91 Å². The molecule has 4 rings (SSSR count). The van der Waals surface area contributed by atoms with Crippen molar-refractivity contribution in [2.45, 2.75) is 31.4 Å². The molecule has 1 fully saturated rings. The Bertz CT molecular complexity index is 985. The Balaban J connectivity index is 0.000000858. The predicted octanol–water partition coefficient (Wildman–Crippen LogP) is -0.0136. The monoisotopic (exact) mass is 428 g/mol. The Labute approximate surface area is 177 Å². The summed E-state index contributed by atoms with van der Waals surface area (Å²) in [6, 6.07) is 6.90. The summed E-state index contributed by atoms with van der Waals surface area (Å²) in [5.41, 5.74) is 1.91. The zero-order chi connectivity index (χ0) is 22.2. The Hall–Kier alpha value is -3.73. The number of aliphatic hydroxyl groups is 1. The van der Waals surface area contributed by atoms with Gasteiger partial charge < -0.3 is 25.2 Å². The first-order chi connectivity index (χ1) is 15.0. The zero-order valence-corrected chi connectivity index (χ0v) is 16.6. The van der Waals surface area contributed by atoms with Crippen molar-refractivity contribution in [3.05, 3.63) is 54.2 Å². The number of pyridine rings is 1. The number of nitrogens with zero attached hydrogens (tertiary/aromatic N) is 3. The van der Waals surface area contributed by atoms with Gasteiger partial charge in [-0.05, 0) is 31.0 Å². The lowest BCUT2D eigenvalue weighted by molar-refractivity contribution is -0.125. The lowest BCUT2D eigenvalue weighted by atomic mass is 10.1. The molecule has 11 nitrogen and oxygen atoms in total. The van der Waals surface area contributed by atoms with Crippen LogP contribution < -0.4 is 10.6 Å². The first-order valence-corrected chi connectivity index (χ1v) is 9.78. The second kappa shape index (κ2) is 10.3. The maximum atomic E-state index is 12.5. The summed E-state index contributed by atoms with van der Waals surface area (Å²) in [7, 11) is 0. The van der Waals surface area contributed by atoms with Crippen molar-refractivity contribution in [1.82, 2.24) is 30.2 Å². The molecule has 3 atom stereocenters. The number of nitrogens with one attached hydrogen (secondary N) is 3. The average molecular weight is 428 g/mol. The highest BCUT2D eigenvalue weighted by atomic mass is 16.3. The Morgan fingerprint density at radius 1 is 1.29 bits per heavy atom. The largest absolute Gasteiger partial charge is 0.483 e. The van der Waals surface area contributed by atoms with E-state index in [0.29, 0.717) is 31.5 Å². The van der Waals surface area contributed by atoms with Crippen LogP contribution >= 0.6 is 0 Å². The van der Waals surface area contributed by atoms with Crippen molar-refractivity contribution in [2.24, 2.45) is 5.92 Å². The first-order valence-electron chi connectivity index (χ1n) is 9.78. The number of H-pyrrole nitrogens is 1. The van der Waals surface area contributed by atoms with E-state index in [1.54, 1.807) is 16.8 Å². The minimum absolute atomic E-state index is 0.108. The van der Waals surface area contributed by atoms with E-state index < -0.39 is 12.1 Å². The van der Waals surface area contributed by atoms with Crippen LogP contribution in [-0.2, 0) is 16.0 Å². The lowest BCUT2D eigenvalue weighted by Crippen LogP contribution is -2.40. The number of fused-ring (bicyclic) bond motifs is 1. The smallest absolute Gasteiger partial charge is 0.290 e. The lowest BCUT2D eigenvalue weighted by Gasteiger charge is -2.15. The van der Waals surface area contributed by atoms with E-state index in [9.17, 15) is 14.7 Å². The van der Waals surface area contributed by atoms with Gasteiger partial charge in [-0.1, -0.05) is 6.07 Å². The van der Waals surface area contributed by atoms with Crippen LogP contribution in [0.5, 0.6) is 0 Å². The maximum Gasteiger partial charge on any atom is 0.290 e. The van der Waals surface area contributed by atoms with Gasteiger partial charge in [0, 0.05) is 43.2 Å². The van der Waals surface area contributed by atoms with Gasteiger partial charge in [0.1, 0.15) is 11.3 Å². The molecule has 31 heavy (non-hydrogen) atoms. The summed E-state index contributed by atoms with van der Waals surface area (Å²) in [5.74, 6) is -0.792. The van der Waals surface area contributed by atoms with Crippen molar-refractivity contribution in [1.29, 1.82) is 0 Å². The summed E-state index contributed by atoms with van der Waals surface area (Å²) >= 11 is 0. The third kappa shape index (κ3) is 5.66. The Kier molecular flexibility index (Phi) is 7.33. The van der Waals surface area contributed by atoms with Gasteiger partial charge in [-0.25, -0.2) is 4.98 Å². The molecular weight excluding hydrogens is 404 g/mol. The van der Waals surface area contributed by atoms with Gasteiger partial charge in [-0.3, -0.25) is 19.5 Å². The van der Waals surface area contributed by atoms with E-state index >= 15 is 0 Å². The number of aromatic nitrogens is 4. The standard InChI is InChI=1S/C19H22N6O3.CH2O2/c26-16-10-12(18(27)20-6-4-13-5-7-21-24-13)9-14(16)23-19(28)15-11-25-8-2-1-3-17(25)22-15;2-1-3/h1-3,5,7-8,11-12,14,16,26H,4,6,9-10H2,(H,20,27)(H,21,24)(H,23,28);1H,(H,2,3)/t12-,14-,16-;/m0./s1. The fourth-order valence-electron chi connectivity index (χ4n) is 3.56. The van der Waals surface area contributed by atoms with Gasteiger partial charge in [0.25, 0.3) is 12.4 Å². The normalized spacial score (nSPS) is 20.0. The van der Waals surface area contributed by atoms with Crippen molar-refractivity contribution < 1.29 is 24.6 Å². The average Bonchev–Trinajstić information content (AvgIpc) is 3.49. The van der Waals surface area contributed by atoms with E-state index in [-0.39, 0.29) is 29.9 Å². The molecule has 1 aliphatic carbocycles. The molecule has 5 N–H and O–H groups in total. The Morgan fingerprint density at radius 3 is 2.81 bits per heavy atom. The highest BCUT2D eigenvalue weighted by Gasteiger charge is 2.37. The molecule has 3 aromatic rings. The molecule has 2 amide bonds. The third-order valence-corrected chi connectivity index (χ3v) is 5.06. The number of aromatic amines is 1. The van der Waals surface area contributed by atoms with Crippen LogP contribution in [0.2, 0.25) is 0 Å². The summed E-state index contributed by atoms with van der Waals surface area (Å²) in [6.07, 6.45) is 5.75. The summed E-state index contributed by atoms with van der Waals surface area (Å²) < 4.78 is 1.76. The van der Waals surface area contributed by atoms with E-state index in [2.05, 4.69) is 25.8 Å². The molecule has 0 bridgehead atoms. The molecule has 0 unspecified atom stereocenters. The van der Waals surface area contributed by atoms with Gasteiger partial charge in [0.05, 0.1) is 12.1 Å². The molecule has 3 aromatic heterocycles. The molecular formula is C20H24N6O5. The first kappa shape index (κ1) is 22.0. The molecule has 1 aliphatic rings. The number of hydrogen-bond acceptors (Lipinski definition) is 6. The van der Waals surface area contributed by atoms with E-state index in [4.69, 9.17) is 9.90 Å². The second-order valence-corrected chi connectivity index (χ2v) is 7.14.